The van der Waals surface area contributed by atoms with Gasteiger partial charge in [0.15, 0.2) is 0 Å². The number of aromatic nitrogens is 1. The number of amides is 1. The summed E-state index contributed by atoms with van der Waals surface area (Å²) in [5, 5.41) is 11.4. The lowest BCUT2D eigenvalue weighted by molar-refractivity contribution is 0.0923. The van der Waals surface area contributed by atoms with E-state index in [9.17, 15) is 9.18 Å². The van der Waals surface area contributed by atoms with E-state index in [1.807, 2.05) is 0 Å². The van der Waals surface area contributed by atoms with Crippen LogP contribution in [0.3, 0.4) is 0 Å². The first kappa shape index (κ1) is 10.6. The molecule has 0 aliphatic rings. The van der Waals surface area contributed by atoms with Gasteiger partial charge in [-0.3, -0.25) is 4.79 Å². The summed E-state index contributed by atoms with van der Waals surface area (Å²) in [5.41, 5.74) is 0.270. The molecule has 1 heterocycles. The maximum atomic E-state index is 12.4. The normalized spacial score (nSPS) is 12.2. The van der Waals surface area contributed by atoms with Crippen LogP contribution in [0.5, 0.6) is 0 Å². The predicted octanol–water partition coefficient (Wildman–Crippen LogP) is 0.331. The number of nitrogens with zero attached hydrogens (tertiary/aromatic N) is 1. The van der Waals surface area contributed by atoms with Gasteiger partial charge < -0.3 is 10.4 Å². The zero-order valence-electron chi connectivity index (χ0n) is 7.70. The highest BCUT2D eigenvalue weighted by atomic mass is 19.1. The number of hydrogen-bond donors (Lipinski definition) is 2. The van der Waals surface area contributed by atoms with Crippen LogP contribution < -0.4 is 5.32 Å². The fraction of sp³-hybridized carbons (Fsp3) is 0.333. The minimum atomic E-state index is -0.628. The number of carbonyl (C=O) groups is 1. The van der Waals surface area contributed by atoms with E-state index in [1.54, 1.807) is 6.92 Å². The fourth-order valence-electron chi connectivity index (χ4n) is 0.853. The Morgan fingerprint density at radius 3 is 2.93 bits per heavy atom. The SMILES string of the molecule is C[C@@H](O)CNC(=O)c1ccc(F)nc1. The maximum Gasteiger partial charge on any atom is 0.252 e. The summed E-state index contributed by atoms with van der Waals surface area (Å²) >= 11 is 0. The lowest BCUT2D eigenvalue weighted by Gasteiger charge is -2.06. The van der Waals surface area contributed by atoms with Gasteiger partial charge in [-0.2, -0.15) is 4.39 Å². The van der Waals surface area contributed by atoms with Crippen molar-refractivity contribution in [2.75, 3.05) is 6.54 Å². The molecule has 4 nitrogen and oxygen atoms in total. The van der Waals surface area contributed by atoms with Crippen LogP contribution in [0, 0.1) is 5.95 Å². The second-order valence-corrected chi connectivity index (χ2v) is 2.93. The second-order valence-electron chi connectivity index (χ2n) is 2.93. The monoisotopic (exact) mass is 198 g/mol. The Balaban J connectivity index is 2.57. The highest BCUT2D eigenvalue weighted by Gasteiger charge is 2.06. The Morgan fingerprint density at radius 1 is 1.71 bits per heavy atom. The molecule has 0 bridgehead atoms. The first-order valence-electron chi connectivity index (χ1n) is 4.17. The summed E-state index contributed by atoms with van der Waals surface area (Å²) in [4.78, 5) is 14.6. The minimum Gasteiger partial charge on any atom is -0.392 e. The number of aliphatic hydroxyl groups excluding tert-OH is 1. The molecule has 1 atom stereocenters. The topological polar surface area (TPSA) is 62.2 Å². The van der Waals surface area contributed by atoms with Crippen molar-refractivity contribution in [3.63, 3.8) is 0 Å². The van der Waals surface area contributed by atoms with Gasteiger partial charge in [0.05, 0.1) is 11.7 Å². The lowest BCUT2D eigenvalue weighted by atomic mass is 10.2. The van der Waals surface area contributed by atoms with Gasteiger partial charge in [0, 0.05) is 12.7 Å². The van der Waals surface area contributed by atoms with Crippen LogP contribution >= 0.6 is 0 Å². The predicted molar refractivity (Wildman–Crippen MR) is 48.2 cm³/mol. The van der Waals surface area contributed by atoms with Crippen LogP contribution in [-0.4, -0.2) is 28.6 Å². The molecule has 0 unspecified atom stereocenters. The number of nitrogens with one attached hydrogen (secondary N) is 1. The molecule has 1 aromatic heterocycles. The summed E-state index contributed by atoms with van der Waals surface area (Å²) in [6, 6.07) is 2.44. The van der Waals surface area contributed by atoms with E-state index >= 15 is 0 Å². The first-order chi connectivity index (χ1) is 6.59. The highest BCUT2D eigenvalue weighted by Crippen LogP contribution is 1.98. The minimum absolute atomic E-state index is 0.163. The van der Waals surface area contributed by atoms with E-state index in [1.165, 1.54) is 6.07 Å². The third kappa shape index (κ3) is 3.10. The van der Waals surface area contributed by atoms with Gasteiger partial charge in [-0.05, 0) is 19.1 Å². The molecule has 1 amide bonds. The Hall–Kier alpha value is -1.49. The average Bonchev–Trinajstić information content (AvgIpc) is 2.15. The summed E-state index contributed by atoms with van der Waals surface area (Å²) in [7, 11) is 0. The molecular weight excluding hydrogens is 187 g/mol. The third-order valence-corrected chi connectivity index (χ3v) is 1.55. The zero-order chi connectivity index (χ0) is 10.6. The van der Waals surface area contributed by atoms with Gasteiger partial charge in [-0.15, -0.1) is 0 Å². The van der Waals surface area contributed by atoms with Crippen LogP contribution in [0.15, 0.2) is 18.3 Å². The van der Waals surface area contributed by atoms with Gasteiger partial charge in [0.25, 0.3) is 5.91 Å². The first-order valence-corrected chi connectivity index (χ1v) is 4.17. The van der Waals surface area contributed by atoms with Crippen molar-refractivity contribution in [3.05, 3.63) is 29.8 Å². The van der Waals surface area contributed by atoms with Crippen LogP contribution in [0.4, 0.5) is 4.39 Å². The number of pyridine rings is 1. The van der Waals surface area contributed by atoms with Gasteiger partial charge in [-0.25, -0.2) is 4.98 Å². The van der Waals surface area contributed by atoms with E-state index in [2.05, 4.69) is 10.3 Å². The van der Waals surface area contributed by atoms with E-state index in [-0.39, 0.29) is 18.0 Å². The molecular formula is C9H11FN2O2. The molecule has 2 N–H and O–H groups in total. The van der Waals surface area contributed by atoms with Crippen molar-refractivity contribution < 1.29 is 14.3 Å². The van der Waals surface area contributed by atoms with Gasteiger partial charge in [-0.1, -0.05) is 0 Å². The molecule has 76 valence electrons. The van der Waals surface area contributed by atoms with Gasteiger partial charge >= 0.3 is 0 Å². The van der Waals surface area contributed by atoms with E-state index in [0.717, 1.165) is 12.3 Å². The van der Waals surface area contributed by atoms with Crippen LogP contribution in [-0.2, 0) is 0 Å². The van der Waals surface area contributed by atoms with E-state index < -0.39 is 12.1 Å². The summed E-state index contributed by atoms with van der Waals surface area (Å²) in [6.45, 7) is 1.72. The van der Waals surface area contributed by atoms with Crippen molar-refractivity contribution in [2.45, 2.75) is 13.0 Å². The smallest absolute Gasteiger partial charge is 0.252 e. The summed E-state index contributed by atoms with van der Waals surface area (Å²) < 4.78 is 12.4. The van der Waals surface area contributed by atoms with Gasteiger partial charge in [0.2, 0.25) is 5.95 Å². The number of halogens is 1. The molecule has 0 saturated heterocycles. The largest absolute Gasteiger partial charge is 0.392 e. The van der Waals surface area contributed by atoms with Crippen molar-refractivity contribution in [3.8, 4) is 0 Å². The van der Waals surface area contributed by atoms with Crippen molar-refractivity contribution in [2.24, 2.45) is 0 Å². The van der Waals surface area contributed by atoms with Crippen molar-refractivity contribution >= 4 is 5.91 Å². The maximum absolute atomic E-state index is 12.4. The molecule has 1 rings (SSSR count). The second kappa shape index (κ2) is 4.66. The molecule has 1 aromatic rings. The van der Waals surface area contributed by atoms with Gasteiger partial charge in [0.1, 0.15) is 0 Å². The van der Waals surface area contributed by atoms with Crippen LogP contribution in [0.2, 0.25) is 0 Å². The molecule has 0 radical (unpaired) electrons. The Morgan fingerprint density at radius 2 is 2.43 bits per heavy atom. The third-order valence-electron chi connectivity index (χ3n) is 1.55. The fourth-order valence-corrected chi connectivity index (χ4v) is 0.853. The molecule has 0 aromatic carbocycles. The molecule has 14 heavy (non-hydrogen) atoms. The Labute approximate surface area is 80.8 Å². The Kier molecular flexibility index (Phi) is 3.53. The summed E-state index contributed by atoms with van der Waals surface area (Å²) in [5.74, 6) is -1.00. The lowest BCUT2D eigenvalue weighted by Crippen LogP contribution is -2.30. The molecule has 0 aliphatic heterocycles. The molecule has 0 spiro atoms. The van der Waals surface area contributed by atoms with Crippen LogP contribution in [0.25, 0.3) is 0 Å². The number of hydrogen-bond acceptors (Lipinski definition) is 3. The Bertz CT molecular complexity index is 311. The molecule has 0 aliphatic carbocycles. The van der Waals surface area contributed by atoms with E-state index in [4.69, 9.17) is 5.11 Å². The van der Waals surface area contributed by atoms with Crippen LogP contribution in [0.1, 0.15) is 17.3 Å². The number of carbonyl (C=O) groups excluding carboxylic acids is 1. The highest BCUT2D eigenvalue weighted by molar-refractivity contribution is 5.93. The average molecular weight is 198 g/mol. The summed E-state index contributed by atoms with van der Waals surface area (Å²) in [6.07, 6.45) is 0.541. The molecule has 0 fully saturated rings. The number of rotatable bonds is 3. The standard InChI is InChI=1S/C9H11FN2O2/c1-6(13)4-12-9(14)7-2-3-8(10)11-5-7/h2-3,5-6,13H,4H2,1H3,(H,12,14)/t6-/m1/s1. The zero-order valence-corrected chi connectivity index (χ0v) is 7.70. The molecule has 5 heteroatoms. The molecule has 0 saturated carbocycles. The quantitative estimate of drug-likeness (QED) is 0.688. The van der Waals surface area contributed by atoms with Crippen molar-refractivity contribution in [1.82, 2.24) is 10.3 Å². The van der Waals surface area contributed by atoms with E-state index in [0.29, 0.717) is 0 Å². The number of aliphatic hydroxyl groups is 1. The van der Waals surface area contributed by atoms with Crippen molar-refractivity contribution in [1.29, 1.82) is 0 Å².